The Labute approximate surface area is 172 Å². The van der Waals surface area contributed by atoms with Crippen molar-refractivity contribution in [3.8, 4) is 0 Å². The van der Waals surface area contributed by atoms with Crippen molar-refractivity contribution in [1.82, 2.24) is 14.9 Å². The number of pyridine rings is 2. The number of hydrogen-bond donors (Lipinski definition) is 1. The molecule has 28 heavy (non-hydrogen) atoms. The van der Waals surface area contributed by atoms with Crippen LogP contribution >= 0.6 is 15.9 Å². The molecule has 144 valence electrons. The van der Waals surface area contributed by atoms with Gasteiger partial charge < -0.3 is 19.9 Å². The summed E-state index contributed by atoms with van der Waals surface area (Å²) in [5.41, 5.74) is 3.52. The first-order chi connectivity index (χ1) is 13.6. The first-order valence-corrected chi connectivity index (χ1v) is 10.1. The summed E-state index contributed by atoms with van der Waals surface area (Å²) in [4.78, 5) is 24.9. The fourth-order valence-corrected chi connectivity index (χ4v) is 3.79. The van der Waals surface area contributed by atoms with Crippen molar-refractivity contribution in [2.24, 2.45) is 0 Å². The van der Waals surface area contributed by atoms with Crippen LogP contribution in [0.1, 0.15) is 5.56 Å². The second-order valence-electron chi connectivity index (χ2n) is 7.01. The van der Waals surface area contributed by atoms with E-state index >= 15 is 0 Å². The van der Waals surface area contributed by atoms with Crippen molar-refractivity contribution in [3.63, 3.8) is 0 Å². The number of nitrogens with zero attached hydrogens (tertiary/aromatic N) is 4. The van der Waals surface area contributed by atoms with E-state index in [1.165, 1.54) is 0 Å². The van der Waals surface area contributed by atoms with E-state index in [9.17, 15) is 4.79 Å². The topological polar surface area (TPSA) is 61.4 Å². The molecule has 1 aromatic carbocycles. The van der Waals surface area contributed by atoms with Crippen LogP contribution in [0.2, 0.25) is 0 Å². The number of fused-ring (bicyclic) bond motifs is 1. The second-order valence-corrected chi connectivity index (χ2v) is 7.93. The lowest BCUT2D eigenvalue weighted by Gasteiger charge is -2.33. The van der Waals surface area contributed by atoms with Gasteiger partial charge in [0, 0.05) is 54.2 Å². The van der Waals surface area contributed by atoms with Gasteiger partial charge in [-0.05, 0) is 37.4 Å². The van der Waals surface area contributed by atoms with Crippen LogP contribution in [0.5, 0.6) is 0 Å². The summed E-state index contributed by atoms with van der Waals surface area (Å²) in [6.45, 7) is 4.08. The number of rotatable bonds is 5. The molecule has 1 fully saturated rings. The van der Waals surface area contributed by atoms with Crippen LogP contribution in [-0.2, 0) is 11.2 Å². The van der Waals surface area contributed by atoms with Crippen LogP contribution in [0.4, 0.5) is 17.2 Å². The third-order valence-corrected chi connectivity index (χ3v) is 5.55. The van der Waals surface area contributed by atoms with Gasteiger partial charge in [-0.25, -0.2) is 4.98 Å². The number of hydrogen-bond acceptors (Lipinski definition) is 6. The maximum atomic E-state index is 11.1. The van der Waals surface area contributed by atoms with Gasteiger partial charge in [0.15, 0.2) is 0 Å². The highest BCUT2D eigenvalue weighted by atomic mass is 79.9. The molecule has 0 bridgehead atoms. The van der Waals surface area contributed by atoms with Gasteiger partial charge in [0.05, 0.1) is 23.1 Å². The molecule has 0 spiro atoms. The van der Waals surface area contributed by atoms with Crippen LogP contribution in [0.3, 0.4) is 0 Å². The zero-order valence-corrected chi connectivity index (χ0v) is 17.3. The molecule has 0 radical (unpaired) electrons. The number of aldehydes is 1. The van der Waals surface area contributed by atoms with E-state index in [1.807, 2.05) is 36.5 Å². The number of nitrogens with one attached hydrogen (secondary N) is 1. The first-order valence-electron chi connectivity index (χ1n) is 9.31. The molecule has 1 N–H and O–H groups in total. The van der Waals surface area contributed by atoms with E-state index in [1.54, 1.807) is 6.20 Å². The smallest absolute Gasteiger partial charge is 0.128 e. The van der Waals surface area contributed by atoms with Crippen molar-refractivity contribution >= 4 is 50.3 Å². The van der Waals surface area contributed by atoms with Gasteiger partial charge in [-0.2, -0.15) is 0 Å². The molecule has 1 aliphatic rings. The highest BCUT2D eigenvalue weighted by molar-refractivity contribution is 9.10. The minimum Gasteiger partial charge on any atom is -0.354 e. The Morgan fingerprint density at radius 2 is 1.93 bits per heavy atom. The van der Waals surface area contributed by atoms with E-state index in [0.717, 1.165) is 70.6 Å². The first kappa shape index (κ1) is 18.8. The molecule has 0 amide bonds. The van der Waals surface area contributed by atoms with Crippen LogP contribution in [0, 0.1) is 0 Å². The van der Waals surface area contributed by atoms with Gasteiger partial charge in [-0.3, -0.25) is 4.98 Å². The number of carbonyl (C=O) groups is 1. The molecule has 4 rings (SSSR count). The molecule has 0 unspecified atom stereocenters. The Morgan fingerprint density at radius 3 is 2.64 bits per heavy atom. The predicted molar refractivity (Wildman–Crippen MR) is 116 cm³/mol. The molecule has 7 heteroatoms. The number of aromatic nitrogens is 2. The van der Waals surface area contributed by atoms with Crippen molar-refractivity contribution in [2.75, 3.05) is 43.4 Å². The third-order valence-electron chi connectivity index (χ3n) is 5.06. The van der Waals surface area contributed by atoms with E-state index in [4.69, 9.17) is 0 Å². The summed E-state index contributed by atoms with van der Waals surface area (Å²) < 4.78 is 0.969. The second kappa shape index (κ2) is 8.24. The molecule has 3 heterocycles. The fourth-order valence-electron chi connectivity index (χ4n) is 3.43. The molecule has 2 aromatic heterocycles. The standard InChI is InChI=1S/C21H22BrN5O/c1-26-7-9-27(10-8-26)20-5-3-17(14-24-20)25-21-15(6-11-28)13-23-19-4-2-16(22)12-18(19)21/h2-5,11-14H,6-10H2,1H3,(H,23,25). The third kappa shape index (κ3) is 4.00. The molecule has 1 saturated heterocycles. The maximum Gasteiger partial charge on any atom is 0.128 e. The van der Waals surface area contributed by atoms with Crippen LogP contribution in [0.25, 0.3) is 10.9 Å². The van der Waals surface area contributed by atoms with Crippen molar-refractivity contribution < 1.29 is 4.79 Å². The Morgan fingerprint density at radius 1 is 1.11 bits per heavy atom. The van der Waals surface area contributed by atoms with Gasteiger partial charge >= 0.3 is 0 Å². The maximum absolute atomic E-state index is 11.1. The highest BCUT2D eigenvalue weighted by Crippen LogP contribution is 2.31. The average molecular weight is 440 g/mol. The van der Waals surface area contributed by atoms with Gasteiger partial charge in [-0.1, -0.05) is 15.9 Å². The number of halogens is 1. The molecular weight excluding hydrogens is 418 g/mol. The van der Waals surface area contributed by atoms with E-state index in [2.05, 4.69) is 48.1 Å². The van der Waals surface area contributed by atoms with Gasteiger partial charge in [0.25, 0.3) is 0 Å². The predicted octanol–water partition coefficient (Wildman–Crippen LogP) is 3.63. The van der Waals surface area contributed by atoms with E-state index < -0.39 is 0 Å². The number of anilines is 3. The summed E-state index contributed by atoms with van der Waals surface area (Å²) in [6.07, 6.45) is 4.83. The Hall–Kier alpha value is -2.51. The molecule has 0 saturated carbocycles. The normalized spacial score (nSPS) is 15.0. The lowest BCUT2D eigenvalue weighted by atomic mass is 10.1. The minimum absolute atomic E-state index is 0.310. The number of likely N-dealkylation sites (N-methyl/N-ethyl adjacent to an activating group) is 1. The summed E-state index contributed by atoms with van der Waals surface area (Å²) in [5, 5.41) is 4.43. The molecular formula is C21H22BrN5O. The molecule has 0 aliphatic carbocycles. The largest absolute Gasteiger partial charge is 0.354 e. The van der Waals surface area contributed by atoms with Gasteiger partial charge in [0.1, 0.15) is 12.1 Å². The Balaban J connectivity index is 1.63. The fraction of sp³-hybridized carbons (Fsp3) is 0.286. The quantitative estimate of drug-likeness (QED) is 0.612. The lowest BCUT2D eigenvalue weighted by molar-refractivity contribution is -0.107. The highest BCUT2D eigenvalue weighted by Gasteiger charge is 2.15. The summed E-state index contributed by atoms with van der Waals surface area (Å²) in [7, 11) is 2.14. The average Bonchev–Trinajstić information content (AvgIpc) is 2.71. The zero-order chi connectivity index (χ0) is 19.5. The van der Waals surface area contributed by atoms with Crippen molar-refractivity contribution in [3.05, 3.63) is 52.8 Å². The minimum atomic E-state index is 0.310. The molecule has 1 aliphatic heterocycles. The molecule has 6 nitrogen and oxygen atoms in total. The van der Waals surface area contributed by atoms with Crippen molar-refractivity contribution in [1.29, 1.82) is 0 Å². The lowest BCUT2D eigenvalue weighted by Crippen LogP contribution is -2.44. The van der Waals surface area contributed by atoms with E-state index in [-0.39, 0.29) is 0 Å². The van der Waals surface area contributed by atoms with Gasteiger partial charge in [0.2, 0.25) is 0 Å². The summed E-state index contributed by atoms with van der Waals surface area (Å²) >= 11 is 3.53. The number of piperazine rings is 1. The van der Waals surface area contributed by atoms with E-state index in [0.29, 0.717) is 6.42 Å². The monoisotopic (exact) mass is 439 g/mol. The zero-order valence-electron chi connectivity index (χ0n) is 15.7. The number of benzene rings is 1. The number of carbonyl (C=O) groups excluding carboxylic acids is 1. The summed E-state index contributed by atoms with van der Waals surface area (Å²) in [6, 6.07) is 10.0. The van der Waals surface area contributed by atoms with Crippen molar-refractivity contribution in [2.45, 2.75) is 6.42 Å². The summed E-state index contributed by atoms with van der Waals surface area (Å²) in [5.74, 6) is 0.995. The van der Waals surface area contributed by atoms with Crippen LogP contribution in [-0.4, -0.2) is 54.4 Å². The Bertz CT molecular complexity index is 984. The van der Waals surface area contributed by atoms with Gasteiger partial charge in [-0.15, -0.1) is 0 Å². The van der Waals surface area contributed by atoms with Crippen LogP contribution < -0.4 is 10.2 Å². The molecule has 0 atom stereocenters. The van der Waals surface area contributed by atoms with Crippen LogP contribution in [0.15, 0.2) is 47.2 Å². The Kier molecular flexibility index (Phi) is 5.54. The molecule has 3 aromatic rings. The SMILES string of the molecule is CN1CCN(c2ccc(Nc3c(CC=O)cnc4ccc(Br)cc34)cn2)CC1.